The Labute approximate surface area is 216 Å². The van der Waals surface area contributed by atoms with Gasteiger partial charge < -0.3 is 4.90 Å². The predicted octanol–water partition coefficient (Wildman–Crippen LogP) is 5.11. The van der Waals surface area contributed by atoms with E-state index in [0.717, 1.165) is 75.8 Å². The molecule has 1 fully saturated rings. The number of carbonyl (C=O) groups is 1. The number of hydrogen-bond donors (Lipinski definition) is 0. The maximum absolute atomic E-state index is 12.6. The summed E-state index contributed by atoms with van der Waals surface area (Å²) in [6.45, 7) is 4.72. The molecule has 0 unspecified atom stereocenters. The summed E-state index contributed by atoms with van der Waals surface area (Å²) in [5.74, 6) is 1.58. The zero-order chi connectivity index (χ0) is 26.3. The zero-order valence-corrected chi connectivity index (χ0v) is 21.5. The molecule has 2 aromatic heterocycles. The second-order valence-electron chi connectivity index (χ2n) is 10.4. The molecule has 6 nitrogen and oxygen atoms in total. The molecule has 0 spiro atoms. The highest BCUT2D eigenvalue weighted by molar-refractivity contribution is 5.87. The van der Waals surface area contributed by atoms with E-state index in [1.54, 1.807) is 18.5 Å². The molecule has 4 rings (SSSR count). The van der Waals surface area contributed by atoms with Gasteiger partial charge in [-0.15, -0.1) is 0 Å². The van der Waals surface area contributed by atoms with Gasteiger partial charge in [0.2, 0.25) is 5.91 Å². The molecule has 200 valence electrons. The lowest BCUT2D eigenvalue weighted by atomic mass is 9.81. The number of nitrogens with zero attached hydrogens (tertiary/aromatic N) is 5. The summed E-state index contributed by atoms with van der Waals surface area (Å²) in [4.78, 5) is 31.6. The van der Waals surface area contributed by atoms with E-state index in [4.69, 9.17) is 0 Å². The third kappa shape index (κ3) is 8.98. The van der Waals surface area contributed by atoms with Crippen molar-refractivity contribution >= 4 is 12.1 Å². The van der Waals surface area contributed by atoms with Crippen LogP contribution in [0.1, 0.15) is 66.9 Å². The van der Waals surface area contributed by atoms with Crippen LogP contribution in [0.3, 0.4) is 0 Å². The monoisotopic (exact) mass is 515 g/mol. The number of rotatable bonds is 8. The van der Waals surface area contributed by atoms with Gasteiger partial charge in [-0.2, -0.15) is 13.2 Å². The van der Waals surface area contributed by atoms with Crippen molar-refractivity contribution in [2.75, 3.05) is 19.6 Å². The summed E-state index contributed by atoms with van der Waals surface area (Å²) in [6.07, 6.45) is 7.67. The number of aromatic nitrogens is 3. The van der Waals surface area contributed by atoms with Gasteiger partial charge in [0.1, 0.15) is 5.82 Å². The molecule has 0 N–H and O–H groups in total. The molecule has 1 aliphatic carbocycles. The van der Waals surface area contributed by atoms with Crippen molar-refractivity contribution in [3.05, 3.63) is 52.9 Å². The molecule has 1 saturated carbocycles. The Morgan fingerprint density at radius 3 is 2.57 bits per heavy atom. The second-order valence-corrected chi connectivity index (χ2v) is 10.4. The minimum Gasteiger partial charge on any atom is -0.303 e. The van der Waals surface area contributed by atoms with Gasteiger partial charge in [0, 0.05) is 55.9 Å². The van der Waals surface area contributed by atoms with E-state index in [9.17, 15) is 18.0 Å². The molecule has 3 heterocycles. The van der Waals surface area contributed by atoms with Crippen LogP contribution in [0.15, 0.2) is 29.5 Å². The molecule has 37 heavy (non-hydrogen) atoms. The SMILES string of the molecule is Cc1ncc(CC(=O)N=CC2CCC(CCN3CCc4ccc(CCC(F)(F)F)nc4CC3)CC2)cn1. The average molecular weight is 516 g/mol. The highest BCUT2D eigenvalue weighted by Gasteiger charge is 2.27. The quantitative estimate of drug-likeness (QED) is 0.457. The Morgan fingerprint density at radius 2 is 1.84 bits per heavy atom. The first-order valence-electron chi connectivity index (χ1n) is 13.3. The van der Waals surface area contributed by atoms with Crippen LogP contribution in [-0.4, -0.2) is 57.8 Å². The van der Waals surface area contributed by atoms with Crippen LogP contribution in [0.2, 0.25) is 0 Å². The minimum atomic E-state index is -4.15. The second kappa shape index (κ2) is 12.7. The van der Waals surface area contributed by atoms with E-state index in [0.29, 0.717) is 23.4 Å². The summed E-state index contributed by atoms with van der Waals surface area (Å²) in [5.41, 5.74) is 3.45. The summed E-state index contributed by atoms with van der Waals surface area (Å²) in [5, 5.41) is 0. The van der Waals surface area contributed by atoms with Crippen LogP contribution in [-0.2, 0) is 30.5 Å². The van der Waals surface area contributed by atoms with Crippen LogP contribution in [0.25, 0.3) is 0 Å². The van der Waals surface area contributed by atoms with E-state index in [-0.39, 0.29) is 18.7 Å². The van der Waals surface area contributed by atoms with Gasteiger partial charge in [-0.3, -0.25) is 9.78 Å². The molecule has 9 heteroatoms. The van der Waals surface area contributed by atoms with Crippen LogP contribution in [0.4, 0.5) is 13.2 Å². The Hall–Kier alpha value is -2.68. The summed E-state index contributed by atoms with van der Waals surface area (Å²) >= 11 is 0. The fraction of sp³-hybridized carbons (Fsp3) is 0.607. The van der Waals surface area contributed by atoms with E-state index < -0.39 is 12.6 Å². The van der Waals surface area contributed by atoms with Gasteiger partial charge in [-0.1, -0.05) is 6.07 Å². The lowest BCUT2D eigenvalue weighted by Crippen LogP contribution is -2.29. The molecule has 2 aliphatic rings. The predicted molar refractivity (Wildman–Crippen MR) is 136 cm³/mol. The van der Waals surface area contributed by atoms with E-state index in [1.807, 2.05) is 19.2 Å². The third-order valence-corrected chi connectivity index (χ3v) is 7.52. The van der Waals surface area contributed by atoms with Crippen molar-refractivity contribution in [1.29, 1.82) is 0 Å². The average Bonchev–Trinajstić information content (AvgIpc) is 3.08. The lowest BCUT2D eigenvalue weighted by Gasteiger charge is -2.28. The molecule has 1 aliphatic heterocycles. The van der Waals surface area contributed by atoms with Gasteiger partial charge in [0.25, 0.3) is 0 Å². The number of hydrogen-bond acceptors (Lipinski definition) is 5. The van der Waals surface area contributed by atoms with Gasteiger partial charge >= 0.3 is 6.18 Å². The van der Waals surface area contributed by atoms with Gasteiger partial charge in [0.05, 0.1) is 6.42 Å². The molecule has 0 atom stereocenters. The first kappa shape index (κ1) is 27.4. The lowest BCUT2D eigenvalue weighted by molar-refractivity contribution is -0.134. The van der Waals surface area contributed by atoms with Crippen molar-refractivity contribution in [3.63, 3.8) is 0 Å². The van der Waals surface area contributed by atoms with E-state index in [1.165, 1.54) is 5.56 Å². The Balaban J connectivity index is 1.15. The summed E-state index contributed by atoms with van der Waals surface area (Å²) < 4.78 is 37.7. The third-order valence-electron chi connectivity index (χ3n) is 7.52. The van der Waals surface area contributed by atoms with E-state index >= 15 is 0 Å². The maximum atomic E-state index is 12.6. The molecule has 0 aromatic carbocycles. The molecule has 0 radical (unpaired) electrons. The Bertz CT molecular complexity index is 1060. The fourth-order valence-corrected chi connectivity index (χ4v) is 5.22. The normalized spacial score (nSPS) is 21.1. The largest absolute Gasteiger partial charge is 0.389 e. The van der Waals surface area contributed by atoms with Gasteiger partial charge in [-0.05, 0) is 87.4 Å². The van der Waals surface area contributed by atoms with Crippen molar-refractivity contribution in [2.45, 2.75) is 77.3 Å². The van der Waals surface area contributed by atoms with Crippen LogP contribution >= 0.6 is 0 Å². The van der Waals surface area contributed by atoms with Crippen LogP contribution < -0.4 is 0 Å². The first-order valence-corrected chi connectivity index (χ1v) is 13.3. The number of aliphatic imine (C=N–C) groups is 1. The van der Waals surface area contributed by atoms with Crippen molar-refractivity contribution in [1.82, 2.24) is 19.9 Å². The zero-order valence-electron chi connectivity index (χ0n) is 21.5. The standard InChI is InChI=1S/C28H36F3N5O/c1-20-32-18-23(19-33-20)16-27(37)34-17-22-4-2-21(3-5-22)9-13-36-14-10-24-6-7-25(8-12-28(29,30)31)35-26(24)11-15-36/h6-7,17-19,21-22H,2-5,8-16H2,1H3. The summed E-state index contributed by atoms with van der Waals surface area (Å²) in [6, 6.07) is 3.73. The fourth-order valence-electron chi connectivity index (χ4n) is 5.22. The Kier molecular flexibility index (Phi) is 9.40. The number of aryl methyl sites for hydroxylation is 2. The maximum Gasteiger partial charge on any atom is 0.389 e. The first-order chi connectivity index (χ1) is 17.7. The molecular weight excluding hydrogens is 479 g/mol. The van der Waals surface area contributed by atoms with Crippen molar-refractivity contribution in [3.8, 4) is 0 Å². The van der Waals surface area contributed by atoms with E-state index in [2.05, 4.69) is 24.8 Å². The van der Waals surface area contributed by atoms with Crippen LogP contribution in [0, 0.1) is 18.8 Å². The Morgan fingerprint density at radius 1 is 1.11 bits per heavy atom. The number of fused-ring (bicyclic) bond motifs is 1. The molecule has 2 aromatic rings. The van der Waals surface area contributed by atoms with Gasteiger partial charge in [-0.25, -0.2) is 15.0 Å². The number of alkyl halides is 3. The minimum absolute atomic E-state index is 0.0518. The highest BCUT2D eigenvalue weighted by Crippen LogP contribution is 2.30. The molecular formula is C28H36F3N5O. The number of carbonyl (C=O) groups excluding carboxylic acids is 1. The highest BCUT2D eigenvalue weighted by atomic mass is 19.4. The number of pyridine rings is 1. The smallest absolute Gasteiger partial charge is 0.303 e. The van der Waals surface area contributed by atoms with Crippen LogP contribution in [0.5, 0.6) is 0 Å². The van der Waals surface area contributed by atoms with Crippen molar-refractivity contribution in [2.24, 2.45) is 16.8 Å². The number of halogens is 3. The molecule has 0 saturated heterocycles. The topological polar surface area (TPSA) is 71.3 Å². The van der Waals surface area contributed by atoms with Crippen molar-refractivity contribution < 1.29 is 18.0 Å². The van der Waals surface area contributed by atoms with Gasteiger partial charge in [0.15, 0.2) is 0 Å². The molecule has 0 bridgehead atoms. The number of amides is 1. The summed E-state index contributed by atoms with van der Waals surface area (Å²) in [7, 11) is 0. The molecule has 1 amide bonds.